The standard InChI is InChI=1S/C14H21N3S2/c1-6-7-10-17-12(14(2,3)4)11(19-10)9-8-18-13(15-5)16-9/h8H,6-7H2,1-5H3,(H,15,16). The van der Waals surface area contributed by atoms with Gasteiger partial charge in [0.15, 0.2) is 5.13 Å². The van der Waals surface area contributed by atoms with Crippen molar-refractivity contribution in [3.05, 3.63) is 16.1 Å². The summed E-state index contributed by atoms with van der Waals surface area (Å²) < 4.78 is 0. The van der Waals surface area contributed by atoms with Crippen LogP contribution in [0.4, 0.5) is 5.13 Å². The Morgan fingerprint density at radius 2 is 2.00 bits per heavy atom. The van der Waals surface area contributed by atoms with E-state index >= 15 is 0 Å². The van der Waals surface area contributed by atoms with Crippen LogP contribution in [0.1, 0.15) is 44.8 Å². The lowest BCUT2D eigenvalue weighted by atomic mass is 9.91. The summed E-state index contributed by atoms with van der Waals surface area (Å²) in [6, 6.07) is 0. The second kappa shape index (κ2) is 5.59. The minimum absolute atomic E-state index is 0.0568. The van der Waals surface area contributed by atoms with Crippen LogP contribution in [0.3, 0.4) is 0 Å². The molecule has 0 saturated carbocycles. The lowest BCUT2D eigenvalue weighted by Crippen LogP contribution is -2.13. The quantitative estimate of drug-likeness (QED) is 0.898. The average Bonchev–Trinajstić information content (AvgIpc) is 2.93. The normalized spacial score (nSPS) is 11.8. The van der Waals surface area contributed by atoms with Crippen LogP contribution in [0.5, 0.6) is 0 Å². The topological polar surface area (TPSA) is 37.8 Å². The highest BCUT2D eigenvalue weighted by molar-refractivity contribution is 7.16. The molecule has 2 aromatic heterocycles. The zero-order valence-electron chi connectivity index (χ0n) is 12.2. The minimum atomic E-state index is 0.0568. The van der Waals surface area contributed by atoms with Crippen LogP contribution in [-0.4, -0.2) is 17.0 Å². The van der Waals surface area contributed by atoms with E-state index in [0.717, 1.165) is 23.7 Å². The summed E-state index contributed by atoms with van der Waals surface area (Å²) in [5.74, 6) is 0. The molecule has 0 unspecified atom stereocenters. The maximum atomic E-state index is 4.85. The molecule has 0 bridgehead atoms. The van der Waals surface area contributed by atoms with Crippen molar-refractivity contribution >= 4 is 27.8 Å². The molecule has 0 fully saturated rings. The predicted octanol–water partition coefficient (Wildman–Crippen LogP) is 4.56. The van der Waals surface area contributed by atoms with Crippen LogP contribution in [0, 0.1) is 0 Å². The second-order valence-electron chi connectivity index (χ2n) is 5.57. The molecule has 0 aliphatic carbocycles. The van der Waals surface area contributed by atoms with Crippen LogP contribution < -0.4 is 5.32 Å². The fourth-order valence-corrected chi connectivity index (χ4v) is 3.93. The highest BCUT2D eigenvalue weighted by Gasteiger charge is 2.25. The number of aryl methyl sites for hydroxylation is 1. The predicted molar refractivity (Wildman–Crippen MR) is 85.5 cm³/mol. The summed E-state index contributed by atoms with van der Waals surface area (Å²) in [4.78, 5) is 10.7. The molecule has 0 spiro atoms. The molecule has 0 aromatic carbocycles. The summed E-state index contributed by atoms with van der Waals surface area (Å²) >= 11 is 3.44. The summed E-state index contributed by atoms with van der Waals surface area (Å²) in [6.45, 7) is 8.84. The van der Waals surface area contributed by atoms with E-state index in [2.05, 4.69) is 43.4 Å². The molecule has 19 heavy (non-hydrogen) atoms. The Bertz CT molecular complexity index is 549. The average molecular weight is 295 g/mol. The number of thiazole rings is 2. The van der Waals surface area contributed by atoms with Gasteiger partial charge in [0.05, 0.1) is 21.3 Å². The zero-order valence-corrected chi connectivity index (χ0v) is 13.8. The molecular weight excluding hydrogens is 274 g/mol. The highest BCUT2D eigenvalue weighted by atomic mass is 32.1. The molecule has 5 heteroatoms. The van der Waals surface area contributed by atoms with Crippen molar-refractivity contribution < 1.29 is 0 Å². The van der Waals surface area contributed by atoms with Gasteiger partial charge in [-0.1, -0.05) is 27.7 Å². The molecule has 0 aliphatic rings. The minimum Gasteiger partial charge on any atom is -0.365 e. The van der Waals surface area contributed by atoms with Gasteiger partial charge >= 0.3 is 0 Å². The number of nitrogens with zero attached hydrogens (tertiary/aromatic N) is 2. The van der Waals surface area contributed by atoms with Gasteiger partial charge in [0.2, 0.25) is 0 Å². The molecule has 2 rings (SSSR count). The first-order valence-electron chi connectivity index (χ1n) is 6.59. The van der Waals surface area contributed by atoms with Gasteiger partial charge in [0.1, 0.15) is 0 Å². The SMILES string of the molecule is CCCc1nc(C(C)(C)C)c(-c2csc(NC)n2)s1. The van der Waals surface area contributed by atoms with Crippen molar-refractivity contribution in [1.29, 1.82) is 0 Å². The summed E-state index contributed by atoms with van der Waals surface area (Å²) in [7, 11) is 1.91. The van der Waals surface area contributed by atoms with Crippen molar-refractivity contribution in [2.24, 2.45) is 0 Å². The molecule has 104 valence electrons. The Morgan fingerprint density at radius 3 is 2.53 bits per heavy atom. The van der Waals surface area contributed by atoms with Gasteiger partial charge in [-0.05, 0) is 12.8 Å². The van der Waals surface area contributed by atoms with Crippen LogP contribution in [-0.2, 0) is 11.8 Å². The van der Waals surface area contributed by atoms with Gasteiger partial charge in [0.25, 0.3) is 0 Å². The molecule has 0 atom stereocenters. The largest absolute Gasteiger partial charge is 0.365 e. The fraction of sp³-hybridized carbons (Fsp3) is 0.571. The number of aromatic nitrogens is 2. The van der Waals surface area contributed by atoms with Crippen molar-refractivity contribution in [2.75, 3.05) is 12.4 Å². The molecule has 0 amide bonds. The Morgan fingerprint density at radius 1 is 1.26 bits per heavy atom. The van der Waals surface area contributed by atoms with E-state index in [4.69, 9.17) is 4.98 Å². The fourth-order valence-electron chi connectivity index (χ4n) is 1.86. The van der Waals surface area contributed by atoms with Gasteiger partial charge in [-0.3, -0.25) is 0 Å². The van der Waals surface area contributed by atoms with Gasteiger partial charge in [-0.25, -0.2) is 9.97 Å². The van der Waals surface area contributed by atoms with Crippen LogP contribution >= 0.6 is 22.7 Å². The lowest BCUT2D eigenvalue weighted by Gasteiger charge is -2.16. The van der Waals surface area contributed by atoms with Crippen LogP contribution in [0.25, 0.3) is 10.6 Å². The Balaban J connectivity index is 2.47. The van der Waals surface area contributed by atoms with Gasteiger partial charge in [-0.2, -0.15) is 0 Å². The Labute approximate surface area is 123 Å². The van der Waals surface area contributed by atoms with Crippen molar-refractivity contribution in [2.45, 2.75) is 46.0 Å². The smallest absolute Gasteiger partial charge is 0.182 e. The zero-order chi connectivity index (χ0) is 14.0. The molecule has 2 aromatic rings. The molecule has 0 aliphatic heterocycles. The molecule has 1 N–H and O–H groups in total. The monoisotopic (exact) mass is 295 g/mol. The van der Waals surface area contributed by atoms with E-state index in [-0.39, 0.29) is 5.41 Å². The van der Waals surface area contributed by atoms with Gasteiger partial charge < -0.3 is 5.32 Å². The Hall–Kier alpha value is -0.940. The maximum Gasteiger partial charge on any atom is 0.182 e. The van der Waals surface area contributed by atoms with Gasteiger partial charge in [0, 0.05) is 17.8 Å². The first-order valence-corrected chi connectivity index (χ1v) is 8.29. The third-order valence-electron chi connectivity index (χ3n) is 2.80. The molecule has 3 nitrogen and oxygen atoms in total. The number of nitrogens with one attached hydrogen (secondary N) is 1. The number of anilines is 1. The summed E-state index contributed by atoms with van der Waals surface area (Å²) in [6.07, 6.45) is 2.19. The van der Waals surface area contributed by atoms with Crippen LogP contribution in [0.2, 0.25) is 0 Å². The first kappa shape index (κ1) is 14.5. The maximum absolute atomic E-state index is 4.85. The van der Waals surface area contributed by atoms with E-state index in [1.165, 1.54) is 15.6 Å². The highest BCUT2D eigenvalue weighted by Crippen LogP contribution is 2.38. The van der Waals surface area contributed by atoms with Crippen molar-refractivity contribution in [1.82, 2.24) is 9.97 Å². The van der Waals surface area contributed by atoms with E-state index < -0.39 is 0 Å². The molecular formula is C14H21N3S2. The van der Waals surface area contributed by atoms with Crippen molar-refractivity contribution in [3.8, 4) is 10.6 Å². The number of hydrogen-bond donors (Lipinski definition) is 1. The van der Waals surface area contributed by atoms with E-state index in [1.807, 2.05) is 7.05 Å². The van der Waals surface area contributed by atoms with E-state index in [1.54, 1.807) is 22.7 Å². The number of hydrogen-bond acceptors (Lipinski definition) is 5. The van der Waals surface area contributed by atoms with Gasteiger partial charge in [-0.15, -0.1) is 22.7 Å². The summed E-state index contributed by atoms with van der Waals surface area (Å²) in [5, 5.41) is 7.40. The molecule has 2 heterocycles. The van der Waals surface area contributed by atoms with Crippen molar-refractivity contribution in [3.63, 3.8) is 0 Å². The third kappa shape index (κ3) is 3.15. The van der Waals surface area contributed by atoms with Crippen LogP contribution in [0.15, 0.2) is 5.38 Å². The second-order valence-corrected chi connectivity index (χ2v) is 7.51. The van der Waals surface area contributed by atoms with E-state index in [0.29, 0.717) is 0 Å². The van der Waals surface area contributed by atoms with E-state index in [9.17, 15) is 0 Å². The molecule has 0 saturated heterocycles. The number of rotatable bonds is 4. The Kier molecular flexibility index (Phi) is 4.26. The lowest BCUT2D eigenvalue weighted by molar-refractivity contribution is 0.572. The molecule has 0 radical (unpaired) electrons. The first-order chi connectivity index (χ1) is 8.95. The third-order valence-corrected chi connectivity index (χ3v) is 4.79. The summed E-state index contributed by atoms with van der Waals surface area (Å²) in [5.41, 5.74) is 2.29.